The molecule has 0 bridgehead atoms. The molecule has 2 aromatic rings. The summed E-state index contributed by atoms with van der Waals surface area (Å²) in [4.78, 5) is 5.55. The van der Waals surface area contributed by atoms with E-state index in [9.17, 15) is 0 Å². The van der Waals surface area contributed by atoms with Crippen molar-refractivity contribution < 1.29 is 4.52 Å². The summed E-state index contributed by atoms with van der Waals surface area (Å²) in [6.45, 7) is 9.41. The van der Waals surface area contributed by atoms with E-state index in [1.54, 1.807) is 11.8 Å². The topological polar surface area (TPSA) is 51.0 Å². The van der Waals surface area contributed by atoms with E-state index < -0.39 is 0 Å². The van der Waals surface area contributed by atoms with Crippen molar-refractivity contribution in [1.82, 2.24) is 15.5 Å². The summed E-state index contributed by atoms with van der Waals surface area (Å²) in [5, 5.41) is 7.41. The minimum absolute atomic E-state index is 0.128. The molecule has 1 aromatic carbocycles. The van der Waals surface area contributed by atoms with E-state index >= 15 is 0 Å². The fraction of sp³-hybridized carbons (Fsp3) is 0.500. The van der Waals surface area contributed by atoms with Gasteiger partial charge in [-0.25, -0.2) is 0 Å². The molecule has 0 saturated heterocycles. The normalized spacial score (nSPS) is 11.8. The van der Waals surface area contributed by atoms with Gasteiger partial charge in [-0.1, -0.05) is 24.2 Å². The van der Waals surface area contributed by atoms with Crippen LogP contribution in [0.25, 0.3) is 0 Å². The van der Waals surface area contributed by atoms with Gasteiger partial charge >= 0.3 is 0 Å². The summed E-state index contributed by atoms with van der Waals surface area (Å²) in [6.07, 6.45) is 0.808. The van der Waals surface area contributed by atoms with Crippen molar-refractivity contribution in [2.75, 3.05) is 0 Å². The van der Waals surface area contributed by atoms with E-state index in [1.165, 1.54) is 10.5 Å². The second-order valence-electron chi connectivity index (χ2n) is 6.00. The summed E-state index contributed by atoms with van der Waals surface area (Å²) in [5.41, 5.74) is 1.42. The maximum atomic E-state index is 5.21. The highest BCUT2D eigenvalue weighted by molar-refractivity contribution is 7.98. The molecular weight excluding hydrogens is 282 g/mol. The fourth-order valence-electron chi connectivity index (χ4n) is 1.75. The summed E-state index contributed by atoms with van der Waals surface area (Å²) in [5.74, 6) is 2.17. The molecule has 0 aliphatic rings. The molecule has 1 N–H and O–H groups in total. The molecule has 21 heavy (non-hydrogen) atoms. The Morgan fingerprint density at radius 2 is 2.10 bits per heavy atom. The van der Waals surface area contributed by atoms with Gasteiger partial charge < -0.3 is 9.84 Å². The SMILES string of the molecule is CCc1noc(CSc2cccc(CNC(C)(C)C)c2)n1. The minimum Gasteiger partial charge on any atom is -0.338 e. The van der Waals surface area contributed by atoms with Crippen LogP contribution in [-0.4, -0.2) is 15.7 Å². The van der Waals surface area contributed by atoms with Crippen molar-refractivity contribution in [2.24, 2.45) is 0 Å². The first-order valence-electron chi connectivity index (χ1n) is 7.24. The van der Waals surface area contributed by atoms with Crippen LogP contribution in [0.2, 0.25) is 0 Å². The number of rotatable bonds is 6. The smallest absolute Gasteiger partial charge is 0.237 e. The van der Waals surface area contributed by atoms with Crippen LogP contribution < -0.4 is 5.32 Å². The Labute approximate surface area is 130 Å². The lowest BCUT2D eigenvalue weighted by atomic mass is 10.1. The van der Waals surface area contributed by atoms with E-state index in [4.69, 9.17) is 4.52 Å². The molecule has 0 aliphatic heterocycles. The first kappa shape index (κ1) is 16.0. The molecule has 0 atom stereocenters. The summed E-state index contributed by atoms with van der Waals surface area (Å²) < 4.78 is 5.21. The van der Waals surface area contributed by atoms with Crippen LogP contribution in [0.3, 0.4) is 0 Å². The predicted molar refractivity (Wildman–Crippen MR) is 86.3 cm³/mol. The van der Waals surface area contributed by atoms with Crippen LogP contribution in [0.4, 0.5) is 0 Å². The number of hydrogen-bond acceptors (Lipinski definition) is 5. The molecule has 1 aromatic heterocycles. The lowest BCUT2D eigenvalue weighted by Crippen LogP contribution is -2.35. The van der Waals surface area contributed by atoms with Crippen molar-refractivity contribution in [3.8, 4) is 0 Å². The second-order valence-corrected chi connectivity index (χ2v) is 7.05. The maximum absolute atomic E-state index is 5.21. The van der Waals surface area contributed by atoms with Gasteiger partial charge in [-0.2, -0.15) is 4.98 Å². The Bertz CT molecular complexity index is 575. The zero-order valence-corrected chi connectivity index (χ0v) is 14.0. The Morgan fingerprint density at radius 3 is 2.76 bits per heavy atom. The molecule has 1 heterocycles. The molecule has 0 amide bonds. The molecule has 2 rings (SSSR count). The summed E-state index contributed by atoms with van der Waals surface area (Å²) in [6, 6.07) is 8.56. The van der Waals surface area contributed by atoms with Crippen LogP contribution in [0.15, 0.2) is 33.7 Å². The van der Waals surface area contributed by atoms with E-state index in [0.717, 1.165) is 18.8 Å². The number of thioether (sulfide) groups is 1. The average molecular weight is 305 g/mol. The van der Waals surface area contributed by atoms with E-state index in [2.05, 4.69) is 60.5 Å². The minimum atomic E-state index is 0.128. The molecule has 0 fully saturated rings. The van der Waals surface area contributed by atoms with Crippen molar-refractivity contribution in [2.45, 2.75) is 56.8 Å². The number of nitrogens with zero attached hydrogens (tertiary/aromatic N) is 2. The molecule has 4 nitrogen and oxygen atoms in total. The van der Waals surface area contributed by atoms with E-state index in [1.807, 2.05) is 6.92 Å². The molecule has 0 unspecified atom stereocenters. The standard InChI is InChI=1S/C16H23N3OS/c1-5-14-18-15(20-19-14)11-21-13-8-6-7-12(9-13)10-17-16(2,3)4/h6-9,17H,5,10-11H2,1-4H3. The average Bonchev–Trinajstić information content (AvgIpc) is 2.91. The monoisotopic (exact) mass is 305 g/mol. The van der Waals surface area contributed by atoms with Crippen LogP contribution in [0.5, 0.6) is 0 Å². The fourth-order valence-corrected chi connectivity index (χ4v) is 2.57. The highest BCUT2D eigenvalue weighted by Gasteiger charge is 2.09. The third-order valence-corrected chi connectivity index (χ3v) is 3.89. The number of aryl methyl sites for hydroxylation is 1. The largest absolute Gasteiger partial charge is 0.338 e. The van der Waals surface area contributed by atoms with E-state index in [0.29, 0.717) is 11.6 Å². The highest BCUT2D eigenvalue weighted by atomic mass is 32.2. The molecule has 114 valence electrons. The van der Waals surface area contributed by atoms with Gasteiger partial charge in [-0.05, 0) is 38.5 Å². The highest BCUT2D eigenvalue weighted by Crippen LogP contribution is 2.23. The van der Waals surface area contributed by atoms with Gasteiger partial charge in [-0.15, -0.1) is 11.8 Å². The van der Waals surface area contributed by atoms with Gasteiger partial charge in [0.2, 0.25) is 5.89 Å². The van der Waals surface area contributed by atoms with Gasteiger partial charge in [0.15, 0.2) is 5.82 Å². The van der Waals surface area contributed by atoms with Crippen LogP contribution in [0, 0.1) is 0 Å². The molecule has 0 aliphatic carbocycles. The van der Waals surface area contributed by atoms with Crippen LogP contribution >= 0.6 is 11.8 Å². The lowest BCUT2D eigenvalue weighted by molar-refractivity contribution is 0.385. The van der Waals surface area contributed by atoms with Gasteiger partial charge in [0.1, 0.15) is 0 Å². The maximum Gasteiger partial charge on any atom is 0.237 e. The van der Waals surface area contributed by atoms with E-state index in [-0.39, 0.29) is 5.54 Å². The van der Waals surface area contributed by atoms with Crippen molar-refractivity contribution in [3.63, 3.8) is 0 Å². The first-order chi connectivity index (χ1) is 9.96. The van der Waals surface area contributed by atoms with Crippen molar-refractivity contribution in [3.05, 3.63) is 41.5 Å². The van der Waals surface area contributed by atoms with Gasteiger partial charge in [0.05, 0.1) is 5.75 Å². The van der Waals surface area contributed by atoms with Crippen molar-refractivity contribution in [1.29, 1.82) is 0 Å². The third kappa shape index (κ3) is 5.52. The first-order valence-corrected chi connectivity index (χ1v) is 8.23. The second kappa shape index (κ2) is 7.09. The number of aromatic nitrogens is 2. The van der Waals surface area contributed by atoms with Crippen LogP contribution in [0.1, 0.15) is 45.0 Å². The molecule has 0 radical (unpaired) electrons. The van der Waals surface area contributed by atoms with Gasteiger partial charge in [0.25, 0.3) is 0 Å². The zero-order valence-electron chi connectivity index (χ0n) is 13.1. The third-order valence-electron chi connectivity index (χ3n) is 2.91. The lowest BCUT2D eigenvalue weighted by Gasteiger charge is -2.20. The summed E-state index contributed by atoms with van der Waals surface area (Å²) >= 11 is 1.72. The number of nitrogens with one attached hydrogen (secondary N) is 1. The van der Waals surface area contributed by atoms with Gasteiger partial charge in [0, 0.05) is 23.4 Å². The van der Waals surface area contributed by atoms with Crippen molar-refractivity contribution >= 4 is 11.8 Å². The quantitative estimate of drug-likeness (QED) is 0.822. The predicted octanol–water partition coefficient (Wildman–Crippen LogP) is 3.81. The Hall–Kier alpha value is -1.33. The Morgan fingerprint density at radius 1 is 1.29 bits per heavy atom. The zero-order chi connectivity index (χ0) is 15.3. The summed E-state index contributed by atoms with van der Waals surface area (Å²) in [7, 11) is 0. The Kier molecular flexibility index (Phi) is 5.42. The molecule has 5 heteroatoms. The molecular formula is C16H23N3OS. The molecule has 0 spiro atoms. The number of benzene rings is 1. The number of hydrogen-bond donors (Lipinski definition) is 1. The van der Waals surface area contributed by atoms with Crippen LogP contribution in [-0.2, 0) is 18.7 Å². The Balaban J connectivity index is 1.91. The van der Waals surface area contributed by atoms with Gasteiger partial charge in [-0.3, -0.25) is 0 Å². The molecule has 0 saturated carbocycles.